The van der Waals surface area contributed by atoms with Crippen molar-refractivity contribution in [1.29, 1.82) is 0 Å². The first-order valence-electron chi connectivity index (χ1n) is 10.2. The summed E-state index contributed by atoms with van der Waals surface area (Å²) in [6.07, 6.45) is 0. The summed E-state index contributed by atoms with van der Waals surface area (Å²) in [5, 5.41) is 17.3. The molecule has 3 nitrogen and oxygen atoms in total. The predicted molar refractivity (Wildman–Crippen MR) is 135 cm³/mol. The normalized spacial score (nSPS) is 11.7. The second-order valence-electron chi connectivity index (χ2n) is 7.77. The van der Waals surface area contributed by atoms with Crippen molar-refractivity contribution in [2.45, 2.75) is 6.82 Å². The standard InChI is InChI=1S/C26H17BBrN2O/c1-27-15-7-9-18-19-10-8-16(28)13-21(19)25-24(20(18)12-15)29-26(30-25)23-17-5-3-2-4-14(17)6-11-22(23)31/h2-13,31H,1H3,(H,29,30). The van der Waals surface area contributed by atoms with Gasteiger partial charge in [-0.25, -0.2) is 4.98 Å². The number of fused-ring (bicyclic) bond motifs is 7. The van der Waals surface area contributed by atoms with Gasteiger partial charge in [0.1, 0.15) is 18.9 Å². The second-order valence-corrected chi connectivity index (χ2v) is 8.69. The Bertz CT molecular complexity index is 1650. The molecule has 6 rings (SSSR count). The molecular formula is C26H17BBrN2O. The highest BCUT2D eigenvalue weighted by Gasteiger charge is 2.18. The van der Waals surface area contributed by atoms with E-state index >= 15 is 0 Å². The zero-order valence-electron chi connectivity index (χ0n) is 16.8. The molecule has 0 saturated carbocycles. The maximum Gasteiger partial charge on any atom is 0.148 e. The van der Waals surface area contributed by atoms with Gasteiger partial charge in [0.25, 0.3) is 0 Å². The Kier molecular flexibility index (Phi) is 4.08. The maximum atomic E-state index is 10.8. The van der Waals surface area contributed by atoms with Crippen LogP contribution in [0.5, 0.6) is 5.75 Å². The van der Waals surface area contributed by atoms with E-state index in [2.05, 4.69) is 64.6 Å². The van der Waals surface area contributed by atoms with E-state index in [1.54, 1.807) is 6.07 Å². The molecule has 1 radical (unpaired) electrons. The molecule has 1 heterocycles. The van der Waals surface area contributed by atoms with Crippen molar-refractivity contribution in [3.63, 3.8) is 0 Å². The van der Waals surface area contributed by atoms with Gasteiger partial charge in [0.2, 0.25) is 0 Å². The summed E-state index contributed by atoms with van der Waals surface area (Å²) in [4.78, 5) is 8.58. The van der Waals surface area contributed by atoms with Gasteiger partial charge in [0.05, 0.1) is 16.6 Å². The van der Waals surface area contributed by atoms with Crippen LogP contribution in [-0.2, 0) is 0 Å². The third-order valence-electron chi connectivity index (χ3n) is 6.02. The first-order valence-corrected chi connectivity index (χ1v) is 11.0. The summed E-state index contributed by atoms with van der Waals surface area (Å²) in [5.41, 5.74) is 3.76. The number of phenolic OH excluding ortho intramolecular Hbond substituents is 1. The van der Waals surface area contributed by atoms with Crippen LogP contribution < -0.4 is 5.46 Å². The van der Waals surface area contributed by atoms with Crippen molar-refractivity contribution in [2.24, 2.45) is 0 Å². The summed E-state index contributed by atoms with van der Waals surface area (Å²) < 4.78 is 1.02. The largest absolute Gasteiger partial charge is 0.507 e. The van der Waals surface area contributed by atoms with Gasteiger partial charge in [-0.2, -0.15) is 0 Å². The van der Waals surface area contributed by atoms with Crippen molar-refractivity contribution in [2.75, 3.05) is 0 Å². The van der Waals surface area contributed by atoms with E-state index < -0.39 is 0 Å². The first kappa shape index (κ1) is 18.5. The molecule has 2 N–H and O–H groups in total. The van der Waals surface area contributed by atoms with Crippen LogP contribution >= 0.6 is 15.9 Å². The number of phenols is 1. The first-order chi connectivity index (χ1) is 15.1. The molecule has 0 aliphatic heterocycles. The van der Waals surface area contributed by atoms with Gasteiger partial charge < -0.3 is 10.1 Å². The van der Waals surface area contributed by atoms with Crippen molar-refractivity contribution in [3.05, 3.63) is 77.3 Å². The molecule has 0 aliphatic rings. The zero-order valence-corrected chi connectivity index (χ0v) is 18.4. The number of H-pyrrole nitrogens is 1. The summed E-state index contributed by atoms with van der Waals surface area (Å²) in [6.45, 7) is 2.04. The van der Waals surface area contributed by atoms with Crippen molar-refractivity contribution >= 4 is 72.0 Å². The molecule has 31 heavy (non-hydrogen) atoms. The highest BCUT2D eigenvalue weighted by Crippen LogP contribution is 2.39. The lowest BCUT2D eigenvalue weighted by molar-refractivity contribution is 0.477. The molecule has 0 atom stereocenters. The van der Waals surface area contributed by atoms with Gasteiger partial charge in [-0.3, -0.25) is 0 Å². The van der Waals surface area contributed by atoms with E-state index in [-0.39, 0.29) is 5.75 Å². The van der Waals surface area contributed by atoms with Gasteiger partial charge in [0.15, 0.2) is 0 Å². The van der Waals surface area contributed by atoms with Gasteiger partial charge in [-0.15, -0.1) is 0 Å². The zero-order chi connectivity index (χ0) is 21.1. The van der Waals surface area contributed by atoms with Crippen LogP contribution in [-0.4, -0.2) is 22.4 Å². The van der Waals surface area contributed by atoms with Crippen LogP contribution in [0.4, 0.5) is 0 Å². The van der Waals surface area contributed by atoms with Crippen LogP contribution in [0.2, 0.25) is 6.82 Å². The summed E-state index contributed by atoms with van der Waals surface area (Å²) in [7, 11) is 2.10. The average Bonchev–Trinajstić information content (AvgIpc) is 3.24. The van der Waals surface area contributed by atoms with Gasteiger partial charge in [-0.1, -0.05) is 82.8 Å². The third-order valence-corrected chi connectivity index (χ3v) is 6.51. The van der Waals surface area contributed by atoms with Crippen LogP contribution in [0.25, 0.3) is 54.7 Å². The second kappa shape index (κ2) is 6.86. The molecule has 0 saturated heterocycles. The highest BCUT2D eigenvalue weighted by molar-refractivity contribution is 9.10. The molecule has 5 heteroatoms. The smallest absolute Gasteiger partial charge is 0.148 e. The number of nitrogens with one attached hydrogen (secondary N) is 1. The topological polar surface area (TPSA) is 48.9 Å². The Labute approximate surface area is 188 Å². The minimum Gasteiger partial charge on any atom is -0.507 e. The molecule has 0 unspecified atom stereocenters. The highest BCUT2D eigenvalue weighted by atomic mass is 79.9. The van der Waals surface area contributed by atoms with Gasteiger partial charge in [0, 0.05) is 15.2 Å². The summed E-state index contributed by atoms with van der Waals surface area (Å²) >= 11 is 3.62. The van der Waals surface area contributed by atoms with Crippen molar-refractivity contribution in [3.8, 4) is 17.1 Å². The lowest BCUT2D eigenvalue weighted by Gasteiger charge is -2.08. The minimum absolute atomic E-state index is 0.218. The van der Waals surface area contributed by atoms with Crippen LogP contribution in [0, 0.1) is 0 Å². The number of hydrogen-bond donors (Lipinski definition) is 2. The number of rotatable bonds is 2. The number of nitrogens with zero attached hydrogens (tertiary/aromatic N) is 1. The van der Waals surface area contributed by atoms with Gasteiger partial charge in [-0.05, 0) is 39.7 Å². The van der Waals surface area contributed by atoms with E-state index in [9.17, 15) is 5.11 Å². The van der Waals surface area contributed by atoms with Gasteiger partial charge >= 0.3 is 0 Å². The predicted octanol–water partition coefficient (Wildman–Crippen LogP) is 6.54. The van der Waals surface area contributed by atoms with Crippen molar-refractivity contribution in [1.82, 2.24) is 9.97 Å². The van der Waals surface area contributed by atoms with E-state index in [1.165, 1.54) is 10.8 Å². The molecule has 0 fully saturated rings. The SMILES string of the molecule is C[B]c1ccc2c3ccc(Br)cc3c3[nH]c(-c4c(O)ccc5ccccc45)nc3c2c1. The van der Waals surface area contributed by atoms with Crippen LogP contribution in [0.3, 0.4) is 0 Å². The number of aromatic amines is 1. The summed E-state index contributed by atoms with van der Waals surface area (Å²) in [5.74, 6) is 0.888. The number of imidazole rings is 1. The molecule has 1 aromatic heterocycles. The van der Waals surface area contributed by atoms with E-state index in [0.717, 1.165) is 48.1 Å². The molecule has 0 amide bonds. The molecular weight excluding hydrogens is 447 g/mol. The number of aromatic hydroxyl groups is 1. The number of halogens is 1. The summed E-state index contributed by atoms with van der Waals surface area (Å²) in [6, 6.07) is 24.6. The number of hydrogen-bond acceptors (Lipinski definition) is 2. The molecule has 0 aliphatic carbocycles. The molecule has 0 bridgehead atoms. The Morgan fingerprint density at radius 1 is 0.839 bits per heavy atom. The lowest BCUT2D eigenvalue weighted by Crippen LogP contribution is -2.09. The molecule has 147 valence electrons. The Hall–Kier alpha value is -3.31. The minimum atomic E-state index is 0.218. The monoisotopic (exact) mass is 463 g/mol. The van der Waals surface area contributed by atoms with Crippen LogP contribution in [0.1, 0.15) is 0 Å². The Balaban J connectivity index is 1.79. The van der Waals surface area contributed by atoms with Crippen molar-refractivity contribution < 1.29 is 5.11 Å². The van der Waals surface area contributed by atoms with E-state index in [0.29, 0.717) is 5.82 Å². The third kappa shape index (κ3) is 2.77. The van der Waals surface area contributed by atoms with E-state index in [4.69, 9.17) is 4.98 Å². The molecule has 5 aromatic carbocycles. The molecule has 0 spiro atoms. The maximum absolute atomic E-state index is 10.8. The van der Waals surface area contributed by atoms with Crippen LogP contribution in [0.15, 0.2) is 77.3 Å². The fraction of sp³-hybridized carbons (Fsp3) is 0.0385. The fourth-order valence-corrected chi connectivity index (χ4v) is 4.88. The number of benzene rings is 5. The molecule has 6 aromatic rings. The number of aromatic nitrogens is 2. The average molecular weight is 464 g/mol. The lowest BCUT2D eigenvalue weighted by atomic mass is 9.72. The van der Waals surface area contributed by atoms with E-state index in [1.807, 2.05) is 37.2 Å². The fourth-order valence-electron chi connectivity index (χ4n) is 4.52. The Morgan fingerprint density at radius 3 is 2.52 bits per heavy atom. The quantitative estimate of drug-likeness (QED) is 0.226. The Morgan fingerprint density at radius 2 is 1.65 bits per heavy atom.